The van der Waals surface area contributed by atoms with Crippen LogP contribution in [0.15, 0.2) is 84.9 Å². The summed E-state index contributed by atoms with van der Waals surface area (Å²) in [6, 6.07) is 25.1. The quantitative estimate of drug-likeness (QED) is 0.635. The summed E-state index contributed by atoms with van der Waals surface area (Å²) in [5.74, 6) is -0.347. The molecule has 0 bridgehead atoms. The first-order chi connectivity index (χ1) is 13.1. The molecule has 0 aliphatic rings. The van der Waals surface area contributed by atoms with E-state index >= 15 is 0 Å². The molecule has 2 N–H and O–H groups in total. The molecule has 0 fully saturated rings. The van der Waals surface area contributed by atoms with E-state index in [4.69, 9.17) is 0 Å². The zero-order chi connectivity index (χ0) is 19.1. The Morgan fingerprint density at radius 1 is 0.741 bits per heavy atom. The number of carbonyl (C=O) groups is 2. The molecule has 0 radical (unpaired) electrons. The van der Waals surface area contributed by atoms with Gasteiger partial charge < -0.3 is 10.6 Å². The van der Waals surface area contributed by atoms with Crippen molar-refractivity contribution in [2.45, 2.75) is 6.92 Å². The minimum atomic E-state index is -0.215. The average molecular weight is 356 g/mol. The van der Waals surface area contributed by atoms with Crippen LogP contribution < -0.4 is 10.6 Å². The van der Waals surface area contributed by atoms with Crippen LogP contribution in [0, 0.1) is 0 Å². The molecule has 3 aromatic carbocycles. The molecule has 0 aliphatic carbocycles. The van der Waals surface area contributed by atoms with Gasteiger partial charge in [-0.3, -0.25) is 9.59 Å². The zero-order valence-corrected chi connectivity index (χ0v) is 15.0. The van der Waals surface area contributed by atoms with E-state index in [1.807, 2.05) is 42.5 Å². The molecular formula is C23H20N2O2. The molecule has 134 valence electrons. The Kier molecular flexibility index (Phi) is 5.80. The number of anilines is 2. The van der Waals surface area contributed by atoms with Gasteiger partial charge in [0.05, 0.1) is 0 Å². The lowest BCUT2D eigenvalue weighted by Crippen LogP contribution is -2.08. The van der Waals surface area contributed by atoms with Crippen molar-refractivity contribution >= 4 is 29.3 Å². The van der Waals surface area contributed by atoms with Gasteiger partial charge in [0.15, 0.2) is 0 Å². The standard InChI is InChI=1S/C23H20N2O2/c1-17(26)24-21-11-13-22(14-12-21)25-23(27)15-10-18-6-5-9-20(16-18)19-7-3-2-4-8-19/h2-16H,1H3,(H,24,26)(H,25,27)/b15-10+. The number of carbonyl (C=O) groups excluding carboxylic acids is 2. The average Bonchev–Trinajstić information content (AvgIpc) is 2.68. The molecule has 3 aromatic rings. The third-order valence-corrected chi connectivity index (χ3v) is 3.89. The molecule has 0 unspecified atom stereocenters. The Morgan fingerprint density at radius 2 is 1.37 bits per heavy atom. The smallest absolute Gasteiger partial charge is 0.248 e. The highest BCUT2D eigenvalue weighted by Gasteiger charge is 2.01. The van der Waals surface area contributed by atoms with Crippen LogP contribution in [0.1, 0.15) is 12.5 Å². The molecule has 0 atom stereocenters. The summed E-state index contributed by atoms with van der Waals surface area (Å²) >= 11 is 0. The van der Waals surface area contributed by atoms with Gasteiger partial charge in [-0.15, -0.1) is 0 Å². The maximum atomic E-state index is 12.1. The molecule has 0 heterocycles. The number of rotatable bonds is 5. The van der Waals surface area contributed by atoms with Crippen LogP contribution in [0.2, 0.25) is 0 Å². The van der Waals surface area contributed by atoms with E-state index in [1.54, 1.807) is 30.3 Å². The Morgan fingerprint density at radius 3 is 2.04 bits per heavy atom. The largest absolute Gasteiger partial charge is 0.326 e. The van der Waals surface area contributed by atoms with Crippen LogP contribution in [0.25, 0.3) is 17.2 Å². The third-order valence-electron chi connectivity index (χ3n) is 3.89. The number of benzene rings is 3. The van der Waals surface area contributed by atoms with E-state index in [9.17, 15) is 9.59 Å². The highest BCUT2D eigenvalue weighted by Crippen LogP contribution is 2.20. The second-order valence-corrected chi connectivity index (χ2v) is 6.07. The summed E-state index contributed by atoms with van der Waals surface area (Å²) in [4.78, 5) is 23.2. The molecule has 0 aromatic heterocycles. The molecule has 0 saturated carbocycles. The van der Waals surface area contributed by atoms with E-state index < -0.39 is 0 Å². The van der Waals surface area contributed by atoms with Crippen molar-refractivity contribution in [3.63, 3.8) is 0 Å². The zero-order valence-electron chi connectivity index (χ0n) is 15.0. The Hall–Kier alpha value is -3.66. The predicted octanol–water partition coefficient (Wildman–Crippen LogP) is 4.96. The maximum absolute atomic E-state index is 12.1. The lowest BCUT2D eigenvalue weighted by Gasteiger charge is -2.05. The van der Waals surface area contributed by atoms with Gasteiger partial charge in [-0.05, 0) is 53.1 Å². The van der Waals surface area contributed by atoms with Crippen LogP contribution in [-0.2, 0) is 9.59 Å². The van der Waals surface area contributed by atoms with Gasteiger partial charge in [0.25, 0.3) is 0 Å². The van der Waals surface area contributed by atoms with Gasteiger partial charge >= 0.3 is 0 Å². The minimum absolute atomic E-state index is 0.132. The Balaban J connectivity index is 1.64. The van der Waals surface area contributed by atoms with Gasteiger partial charge in [0.1, 0.15) is 0 Å². The number of hydrogen-bond acceptors (Lipinski definition) is 2. The van der Waals surface area contributed by atoms with Crippen molar-refractivity contribution in [3.8, 4) is 11.1 Å². The van der Waals surface area contributed by atoms with E-state index in [0.29, 0.717) is 11.4 Å². The van der Waals surface area contributed by atoms with Gasteiger partial charge in [0.2, 0.25) is 11.8 Å². The number of amides is 2. The summed E-state index contributed by atoms with van der Waals surface area (Å²) in [7, 11) is 0. The summed E-state index contributed by atoms with van der Waals surface area (Å²) in [6.45, 7) is 1.45. The van der Waals surface area contributed by atoms with E-state index in [2.05, 4.69) is 22.8 Å². The second-order valence-electron chi connectivity index (χ2n) is 6.07. The highest BCUT2D eigenvalue weighted by atomic mass is 16.2. The molecular weight excluding hydrogens is 336 g/mol. The fraction of sp³-hybridized carbons (Fsp3) is 0.0435. The van der Waals surface area contributed by atoms with Crippen molar-refractivity contribution < 1.29 is 9.59 Å². The summed E-state index contributed by atoms with van der Waals surface area (Å²) in [6.07, 6.45) is 3.29. The molecule has 0 aliphatic heterocycles. The van der Waals surface area contributed by atoms with Crippen LogP contribution >= 0.6 is 0 Å². The van der Waals surface area contributed by atoms with Gasteiger partial charge in [-0.2, -0.15) is 0 Å². The molecule has 4 heteroatoms. The van der Waals surface area contributed by atoms with Crippen molar-refractivity contribution in [2.24, 2.45) is 0 Å². The molecule has 3 rings (SSSR count). The fourth-order valence-corrected chi connectivity index (χ4v) is 2.65. The minimum Gasteiger partial charge on any atom is -0.326 e. The molecule has 2 amide bonds. The normalized spacial score (nSPS) is 10.6. The van der Waals surface area contributed by atoms with Crippen LogP contribution in [0.3, 0.4) is 0 Å². The SMILES string of the molecule is CC(=O)Nc1ccc(NC(=O)/C=C/c2cccc(-c3ccccc3)c2)cc1. The van der Waals surface area contributed by atoms with Gasteiger partial charge in [-0.1, -0.05) is 48.5 Å². The van der Waals surface area contributed by atoms with Crippen molar-refractivity contribution in [2.75, 3.05) is 10.6 Å². The second kappa shape index (κ2) is 8.63. The maximum Gasteiger partial charge on any atom is 0.248 e. The van der Waals surface area contributed by atoms with Crippen LogP contribution in [-0.4, -0.2) is 11.8 Å². The molecule has 27 heavy (non-hydrogen) atoms. The first kappa shape index (κ1) is 18.1. The monoisotopic (exact) mass is 356 g/mol. The van der Waals surface area contributed by atoms with Crippen LogP contribution in [0.5, 0.6) is 0 Å². The predicted molar refractivity (Wildman–Crippen MR) is 110 cm³/mol. The molecule has 4 nitrogen and oxygen atoms in total. The van der Waals surface area contributed by atoms with E-state index in [-0.39, 0.29) is 11.8 Å². The van der Waals surface area contributed by atoms with Crippen molar-refractivity contribution in [1.82, 2.24) is 0 Å². The summed E-state index contributed by atoms with van der Waals surface area (Å²) < 4.78 is 0. The summed E-state index contributed by atoms with van der Waals surface area (Å²) in [5, 5.41) is 5.49. The van der Waals surface area contributed by atoms with Crippen molar-refractivity contribution in [3.05, 3.63) is 90.5 Å². The van der Waals surface area contributed by atoms with Crippen LogP contribution in [0.4, 0.5) is 11.4 Å². The Labute approximate surface area is 158 Å². The first-order valence-electron chi connectivity index (χ1n) is 8.62. The lowest BCUT2D eigenvalue weighted by atomic mass is 10.0. The number of hydrogen-bond donors (Lipinski definition) is 2. The fourth-order valence-electron chi connectivity index (χ4n) is 2.65. The Bertz CT molecular complexity index is 961. The lowest BCUT2D eigenvalue weighted by molar-refractivity contribution is -0.114. The summed E-state index contributed by atoms with van der Waals surface area (Å²) in [5.41, 5.74) is 4.54. The van der Waals surface area contributed by atoms with E-state index in [1.165, 1.54) is 13.0 Å². The molecule has 0 spiro atoms. The number of nitrogens with one attached hydrogen (secondary N) is 2. The highest BCUT2D eigenvalue weighted by molar-refractivity contribution is 6.02. The first-order valence-corrected chi connectivity index (χ1v) is 8.62. The van der Waals surface area contributed by atoms with Gasteiger partial charge in [0, 0.05) is 24.4 Å². The third kappa shape index (κ3) is 5.41. The van der Waals surface area contributed by atoms with Crippen molar-refractivity contribution in [1.29, 1.82) is 0 Å². The van der Waals surface area contributed by atoms with Gasteiger partial charge in [-0.25, -0.2) is 0 Å². The topological polar surface area (TPSA) is 58.2 Å². The van der Waals surface area contributed by atoms with E-state index in [0.717, 1.165) is 16.7 Å². The molecule has 0 saturated heterocycles.